The van der Waals surface area contributed by atoms with Crippen LogP contribution in [0.25, 0.3) is 0 Å². The number of amides is 1. The van der Waals surface area contributed by atoms with E-state index in [9.17, 15) is 4.79 Å². The molecule has 25 heavy (non-hydrogen) atoms. The minimum absolute atomic E-state index is 0.0494. The van der Waals surface area contributed by atoms with Gasteiger partial charge in [0.15, 0.2) is 0 Å². The van der Waals surface area contributed by atoms with Crippen LogP contribution in [0.3, 0.4) is 0 Å². The first-order chi connectivity index (χ1) is 12.3. The third-order valence-corrected chi connectivity index (χ3v) is 5.05. The molecule has 1 N–H and O–H groups in total. The van der Waals surface area contributed by atoms with Crippen LogP contribution >= 0.6 is 0 Å². The van der Waals surface area contributed by atoms with Crippen LogP contribution in [-0.4, -0.2) is 37.3 Å². The van der Waals surface area contributed by atoms with Crippen LogP contribution in [0.4, 0.5) is 11.9 Å². The minimum Gasteiger partial charge on any atom is -0.334 e. The lowest BCUT2D eigenvalue weighted by molar-refractivity contribution is -0.136. The maximum absolute atomic E-state index is 12.9. The number of carbonyl (C=O) groups excluding carboxylic acids is 1. The molecule has 2 aromatic heterocycles. The van der Waals surface area contributed by atoms with Crippen molar-refractivity contribution in [3.8, 4) is 0 Å². The van der Waals surface area contributed by atoms with Crippen molar-refractivity contribution in [2.75, 3.05) is 11.9 Å². The minimum atomic E-state index is 0.0494. The van der Waals surface area contributed by atoms with E-state index in [-0.39, 0.29) is 12.0 Å². The highest BCUT2D eigenvalue weighted by Crippen LogP contribution is 2.35. The lowest BCUT2D eigenvalue weighted by atomic mass is 10.0. The van der Waals surface area contributed by atoms with E-state index in [2.05, 4.69) is 25.3 Å². The summed E-state index contributed by atoms with van der Waals surface area (Å²) in [5.41, 5.74) is 0.886. The summed E-state index contributed by atoms with van der Waals surface area (Å²) in [7, 11) is 0. The Hall–Kier alpha value is -2.57. The molecule has 2 fully saturated rings. The molecular formula is C18H22N6O. The maximum Gasteiger partial charge on any atom is 0.229 e. The molecule has 0 spiro atoms. The molecule has 7 nitrogen and oxygen atoms in total. The van der Waals surface area contributed by atoms with Gasteiger partial charge in [-0.3, -0.25) is 10.1 Å². The zero-order chi connectivity index (χ0) is 17.1. The summed E-state index contributed by atoms with van der Waals surface area (Å²) < 4.78 is 0. The van der Waals surface area contributed by atoms with Crippen molar-refractivity contribution in [1.82, 2.24) is 24.8 Å². The van der Waals surface area contributed by atoms with Crippen LogP contribution in [0.2, 0.25) is 0 Å². The van der Waals surface area contributed by atoms with Gasteiger partial charge in [-0.1, -0.05) is 12.8 Å². The predicted molar refractivity (Wildman–Crippen MR) is 93.0 cm³/mol. The van der Waals surface area contributed by atoms with E-state index < -0.39 is 0 Å². The normalized spacial score (nSPS) is 20.8. The highest BCUT2D eigenvalue weighted by molar-refractivity contribution is 5.79. The van der Waals surface area contributed by atoms with Crippen molar-refractivity contribution in [2.45, 2.75) is 44.6 Å². The molecule has 2 aliphatic rings. The van der Waals surface area contributed by atoms with Crippen molar-refractivity contribution in [3.63, 3.8) is 0 Å². The first-order valence-electron chi connectivity index (χ1n) is 8.99. The van der Waals surface area contributed by atoms with Gasteiger partial charge in [-0.25, -0.2) is 19.9 Å². The van der Waals surface area contributed by atoms with E-state index in [4.69, 9.17) is 0 Å². The third-order valence-electron chi connectivity index (χ3n) is 5.05. The van der Waals surface area contributed by atoms with Gasteiger partial charge in [-0.15, -0.1) is 0 Å². The fraction of sp³-hybridized carbons (Fsp3) is 0.500. The van der Waals surface area contributed by atoms with Crippen molar-refractivity contribution < 1.29 is 4.79 Å². The lowest BCUT2D eigenvalue weighted by Crippen LogP contribution is -2.35. The second-order valence-corrected chi connectivity index (χ2v) is 6.67. The van der Waals surface area contributed by atoms with Crippen LogP contribution in [0.5, 0.6) is 0 Å². The van der Waals surface area contributed by atoms with Gasteiger partial charge in [0.05, 0.1) is 11.7 Å². The summed E-state index contributed by atoms with van der Waals surface area (Å²) in [5.74, 6) is 1.44. The fourth-order valence-corrected chi connectivity index (χ4v) is 3.83. The zero-order valence-electron chi connectivity index (χ0n) is 14.1. The molecule has 2 aromatic rings. The Kier molecular flexibility index (Phi) is 4.54. The Morgan fingerprint density at radius 1 is 1.00 bits per heavy atom. The van der Waals surface area contributed by atoms with Crippen molar-refractivity contribution in [2.24, 2.45) is 5.92 Å². The number of aromatic nitrogens is 4. The quantitative estimate of drug-likeness (QED) is 0.923. The maximum atomic E-state index is 12.9. The van der Waals surface area contributed by atoms with Crippen LogP contribution in [0.1, 0.15) is 50.3 Å². The summed E-state index contributed by atoms with van der Waals surface area (Å²) in [6, 6.07) is 3.71. The van der Waals surface area contributed by atoms with Gasteiger partial charge in [0, 0.05) is 31.1 Å². The molecule has 0 aromatic carbocycles. The molecule has 1 atom stereocenters. The second-order valence-electron chi connectivity index (χ2n) is 6.67. The standard InChI is InChI=1S/C18H22N6O/c25-16(13-5-1-2-6-13)24-12-3-7-15(24)14-8-11-21-18(22-14)23-17-19-9-4-10-20-17/h4,8-11,13,15H,1-3,5-7,12H2,(H,19,20,21,22,23). The molecule has 0 radical (unpaired) electrons. The highest BCUT2D eigenvalue weighted by atomic mass is 16.2. The Balaban J connectivity index is 1.52. The fourth-order valence-electron chi connectivity index (χ4n) is 3.83. The van der Waals surface area contributed by atoms with Crippen LogP contribution < -0.4 is 5.32 Å². The van der Waals surface area contributed by atoms with E-state index in [1.807, 2.05) is 11.0 Å². The molecule has 1 saturated carbocycles. The largest absolute Gasteiger partial charge is 0.334 e. The SMILES string of the molecule is O=C(C1CCCC1)N1CCCC1c1ccnc(Nc2ncccn2)n1. The van der Waals surface area contributed by atoms with Crippen LogP contribution in [-0.2, 0) is 4.79 Å². The molecule has 1 saturated heterocycles. The lowest BCUT2D eigenvalue weighted by Gasteiger charge is -2.27. The molecule has 130 valence electrons. The molecule has 1 aliphatic heterocycles. The number of anilines is 2. The van der Waals surface area contributed by atoms with E-state index in [1.54, 1.807) is 24.7 Å². The van der Waals surface area contributed by atoms with Crippen LogP contribution in [0.15, 0.2) is 30.7 Å². The topological polar surface area (TPSA) is 83.9 Å². The average molecular weight is 338 g/mol. The number of likely N-dealkylation sites (tertiary alicyclic amines) is 1. The molecule has 1 amide bonds. The number of nitrogens with one attached hydrogen (secondary N) is 1. The summed E-state index contributed by atoms with van der Waals surface area (Å²) in [6.45, 7) is 0.828. The number of rotatable bonds is 4. The zero-order valence-corrected chi connectivity index (χ0v) is 14.1. The van der Waals surface area contributed by atoms with Gasteiger partial charge in [0.2, 0.25) is 17.8 Å². The van der Waals surface area contributed by atoms with Gasteiger partial charge in [0.25, 0.3) is 0 Å². The van der Waals surface area contributed by atoms with Gasteiger partial charge in [0.1, 0.15) is 0 Å². The summed E-state index contributed by atoms with van der Waals surface area (Å²) in [4.78, 5) is 32.0. The number of carbonyl (C=O) groups is 1. The Bertz CT molecular complexity index is 731. The first-order valence-corrected chi connectivity index (χ1v) is 8.99. The van der Waals surface area contributed by atoms with Gasteiger partial charge >= 0.3 is 0 Å². The van der Waals surface area contributed by atoms with Gasteiger partial charge in [-0.05, 0) is 37.8 Å². The molecule has 0 bridgehead atoms. The smallest absolute Gasteiger partial charge is 0.229 e. The predicted octanol–water partition coefficient (Wildman–Crippen LogP) is 2.86. The first kappa shape index (κ1) is 15.9. The van der Waals surface area contributed by atoms with Crippen molar-refractivity contribution >= 4 is 17.8 Å². The number of hydrogen-bond donors (Lipinski definition) is 1. The van der Waals surface area contributed by atoms with Crippen molar-refractivity contribution in [1.29, 1.82) is 0 Å². The number of nitrogens with zero attached hydrogens (tertiary/aromatic N) is 5. The molecular weight excluding hydrogens is 316 g/mol. The Morgan fingerprint density at radius 3 is 2.56 bits per heavy atom. The van der Waals surface area contributed by atoms with Gasteiger partial charge in [-0.2, -0.15) is 0 Å². The van der Waals surface area contributed by atoms with E-state index in [0.29, 0.717) is 17.8 Å². The summed E-state index contributed by atoms with van der Waals surface area (Å²) >= 11 is 0. The Morgan fingerprint density at radius 2 is 1.76 bits per heavy atom. The van der Waals surface area contributed by atoms with E-state index >= 15 is 0 Å². The monoisotopic (exact) mass is 338 g/mol. The summed E-state index contributed by atoms with van der Waals surface area (Å²) in [5, 5.41) is 3.02. The van der Waals surface area contributed by atoms with E-state index in [0.717, 1.165) is 37.9 Å². The molecule has 3 heterocycles. The number of hydrogen-bond acceptors (Lipinski definition) is 6. The molecule has 7 heteroatoms. The molecule has 1 unspecified atom stereocenters. The summed E-state index contributed by atoms with van der Waals surface area (Å²) in [6.07, 6.45) is 11.4. The molecule has 1 aliphatic carbocycles. The van der Waals surface area contributed by atoms with Crippen LogP contribution in [0, 0.1) is 5.92 Å². The average Bonchev–Trinajstić information content (AvgIpc) is 3.34. The molecule has 4 rings (SSSR count). The van der Waals surface area contributed by atoms with Crippen molar-refractivity contribution in [3.05, 3.63) is 36.4 Å². The van der Waals surface area contributed by atoms with Gasteiger partial charge < -0.3 is 4.90 Å². The Labute approximate surface area is 146 Å². The highest BCUT2D eigenvalue weighted by Gasteiger charge is 2.35. The van der Waals surface area contributed by atoms with E-state index in [1.165, 1.54) is 12.8 Å². The second kappa shape index (κ2) is 7.13. The third kappa shape index (κ3) is 3.45.